The second kappa shape index (κ2) is 33.9. The highest BCUT2D eigenvalue weighted by molar-refractivity contribution is 7.47. The van der Waals surface area contributed by atoms with E-state index in [1.165, 1.54) is 128 Å². The largest absolute Gasteiger partial charge is 0.472 e. The van der Waals surface area contributed by atoms with Gasteiger partial charge in [0.25, 0.3) is 0 Å². The molecule has 264 valence electrons. The topological polar surface area (TPSA) is 117 Å². The Balaban J connectivity index is 4.05. The van der Waals surface area contributed by atoms with Gasteiger partial charge in [-0.05, 0) is 12.8 Å². The van der Waals surface area contributed by atoms with Crippen LogP contribution in [0, 0.1) is 0 Å². The van der Waals surface area contributed by atoms with Crippen molar-refractivity contribution in [3.8, 4) is 0 Å². The summed E-state index contributed by atoms with van der Waals surface area (Å²) in [6, 6.07) is 0. The Labute approximate surface area is 271 Å². The summed E-state index contributed by atoms with van der Waals surface area (Å²) in [4.78, 5) is 22.3. The molecule has 0 aromatic heterocycles. The Morgan fingerprint density at radius 1 is 0.591 bits per heavy atom. The molecule has 8 nitrogen and oxygen atoms in total. The van der Waals surface area contributed by atoms with Gasteiger partial charge in [-0.25, -0.2) is 4.57 Å². The molecule has 2 atom stereocenters. The van der Waals surface area contributed by atoms with E-state index in [4.69, 9.17) is 24.3 Å². The molecule has 0 heterocycles. The molecule has 0 aliphatic heterocycles. The van der Waals surface area contributed by atoms with Gasteiger partial charge in [-0.1, -0.05) is 162 Å². The highest BCUT2D eigenvalue weighted by Gasteiger charge is 2.25. The number of carbonyl (C=O) groups is 1. The van der Waals surface area contributed by atoms with Gasteiger partial charge >= 0.3 is 13.8 Å². The van der Waals surface area contributed by atoms with Crippen LogP contribution in [-0.2, 0) is 27.9 Å². The fourth-order valence-corrected chi connectivity index (χ4v) is 6.06. The molecule has 3 N–H and O–H groups in total. The van der Waals surface area contributed by atoms with Crippen molar-refractivity contribution in [2.24, 2.45) is 5.73 Å². The predicted octanol–water partition coefficient (Wildman–Crippen LogP) is 10.2. The minimum Gasteiger partial charge on any atom is -0.457 e. The maximum absolute atomic E-state index is 12.5. The number of phosphoric ester groups is 1. The van der Waals surface area contributed by atoms with Crippen molar-refractivity contribution < 1.29 is 32.8 Å². The van der Waals surface area contributed by atoms with Crippen LogP contribution in [0.5, 0.6) is 0 Å². The van der Waals surface area contributed by atoms with Gasteiger partial charge in [-0.2, -0.15) is 0 Å². The maximum atomic E-state index is 12.5. The van der Waals surface area contributed by atoms with Crippen LogP contribution in [0.15, 0.2) is 0 Å². The molecule has 0 fully saturated rings. The summed E-state index contributed by atoms with van der Waals surface area (Å²) < 4.78 is 33.2. The molecule has 0 amide bonds. The van der Waals surface area contributed by atoms with Crippen LogP contribution in [0.25, 0.3) is 0 Å². The lowest BCUT2D eigenvalue weighted by molar-refractivity contribution is -0.154. The van der Waals surface area contributed by atoms with Crippen molar-refractivity contribution in [3.05, 3.63) is 0 Å². The van der Waals surface area contributed by atoms with Crippen LogP contribution in [-0.4, -0.2) is 49.9 Å². The van der Waals surface area contributed by atoms with E-state index in [2.05, 4.69) is 13.8 Å². The Kier molecular flexibility index (Phi) is 33.5. The van der Waals surface area contributed by atoms with E-state index in [1.54, 1.807) is 0 Å². The zero-order valence-corrected chi connectivity index (χ0v) is 29.8. The zero-order valence-electron chi connectivity index (χ0n) is 28.9. The third kappa shape index (κ3) is 32.9. The van der Waals surface area contributed by atoms with Crippen molar-refractivity contribution in [2.45, 2.75) is 187 Å². The molecule has 0 saturated carbocycles. The van der Waals surface area contributed by atoms with Crippen molar-refractivity contribution in [1.29, 1.82) is 0 Å². The molecule has 0 aliphatic rings. The molecule has 0 aromatic rings. The lowest BCUT2D eigenvalue weighted by Gasteiger charge is -2.20. The third-order valence-corrected chi connectivity index (χ3v) is 9.01. The Hall–Kier alpha value is -0.500. The number of rotatable bonds is 36. The molecule has 44 heavy (non-hydrogen) atoms. The third-order valence-electron chi connectivity index (χ3n) is 8.02. The minimum atomic E-state index is -4.26. The van der Waals surface area contributed by atoms with E-state index in [-0.39, 0.29) is 32.3 Å². The van der Waals surface area contributed by atoms with E-state index in [9.17, 15) is 14.3 Å². The average molecular weight is 650 g/mol. The lowest BCUT2D eigenvalue weighted by Crippen LogP contribution is -2.28. The highest BCUT2D eigenvalue weighted by atomic mass is 31.2. The molecule has 9 heteroatoms. The van der Waals surface area contributed by atoms with Gasteiger partial charge in [-0.3, -0.25) is 13.8 Å². The molecule has 0 rings (SSSR count). The maximum Gasteiger partial charge on any atom is 0.472 e. The molecule has 0 aliphatic carbocycles. The number of nitrogens with two attached hydrogens (primary N) is 1. The van der Waals surface area contributed by atoms with E-state index < -0.39 is 13.9 Å². The molecule has 1 unspecified atom stereocenters. The first-order valence-electron chi connectivity index (χ1n) is 18.5. The smallest absolute Gasteiger partial charge is 0.457 e. The number of unbranched alkanes of at least 4 members (excludes halogenated alkanes) is 23. The van der Waals surface area contributed by atoms with Crippen molar-refractivity contribution >= 4 is 13.8 Å². The van der Waals surface area contributed by atoms with Gasteiger partial charge in [0.2, 0.25) is 0 Å². The molecule has 0 aromatic carbocycles. The summed E-state index contributed by atoms with van der Waals surface area (Å²) in [6.07, 6.45) is 31.1. The fourth-order valence-electron chi connectivity index (χ4n) is 5.29. The number of phosphoric acid groups is 1. The summed E-state index contributed by atoms with van der Waals surface area (Å²) in [5.41, 5.74) is 5.34. The van der Waals surface area contributed by atoms with Crippen LogP contribution in [0.3, 0.4) is 0 Å². The van der Waals surface area contributed by atoms with Crippen molar-refractivity contribution in [2.75, 3.05) is 33.0 Å². The highest BCUT2D eigenvalue weighted by Crippen LogP contribution is 2.43. The van der Waals surface area contributed by atoms with Gasteiger partial charge < -0.3 is 20.1 Å². The number of hydrogen-bond donors (Lipinski definition) is 2. The monoisotopic (exact) mass is 650 g/mol. The first kappa shape index (κ1) is 43.5. The van der Waals surface area contributed by atoms with Crippen LogP contribution in [0.1, 0.15) is 181 Å². The quantitative estimate of drug-likeness (QED) is 0.0391. The van der Waals surface area contributed by atoms with Gasteiger partial charge in [-0.15, -0.1) is 0 Å². The summed E-state index contributed by atoms with van der Waals surface area (Å²) in [6.45, 7) is 4.94. The van der Waals surface area contributed by atoms with Crippen LogP contribution < -0.4 is 5.73 Å². The van der Waals surface area contributed by atoms with Gasteiger partial charge in [0.15, 0.2) is 0 Å². The van der Waals surface area contributed by atoms with E-state index >= 15 is 0 Å². The van der Waals surface area contributed by atoms with E-state index in [0.29, 0.717) is 13.0 Å². The Morgan fingerprint density at radius 2 is 1.00 bits per heavy atom. The number of esters is 1. The Bertz CT molecular complexity index is 653. The first-order valence-corrected chi connectivity index (χ1v) is 20.0. The van der Waals surface area contributed by atoms with Crippen LogP contribution in [0.4, 0.5) is 0 Å². The molecule has 0 bridgehead atoms. The van der Waals surface area contributed by atoms with Crippen molar-refractivity contribution in [3.63, 3.8) is 0 Å². The Morgan fingerprint density at radius 3 is 1.43 bits per heavy atom. The molecule has 0 saturated heterocycles. The minimum absolute atomic E-state index is 0.0906. The van der Waals surface area contributed by atoms with Gasteiger partial charge in [0.05, 0.1) is 19.8 Å². The standard InChI is InChI=1S/C35H72NO7P/c1-3-5-7-9-11-13-15-16-17-19-21-23-25-27-30-40-32-34(33-42-44(38,39)41-31-29-36)43-35(37)28-26-24-22-20-18-14-12-10-8-6-4-2/h34H,3-33,36H2,1-2H3,(H,38,39)/t34-/m1/s1. The van der Waals surface area contributed by atoms with Crippen LogP contribution >= 0.6 is 7.82 Å². The lowest BCUT2D eigenvalue weighted by atomic mass is 10.0. The molecular formula is C35H72NO7P. The second-order valence-corrected chi connectivity index (χ2v) is 13.9. The van der Waals surface area contributed by atoms with E-state index in [0.717, 1.165) is 32.1 Å². The van der Waals surface area contributed by atoms with E-state index in [1.807, 2.05) is 0 Å². The first-order chi connectivity index (χ1) is 21.4. The number of carbonyl (C=O) groups excluding carboxylic acids is 1. The van der Waals surface area contributed by atoms with Crippen LogP contribution in [0.2, 0.25) is 0 Å². The fraction of sp³-hybridized carbons (Fsp3) is 0.971. The summed E-state index contributed by atoms with van der Waals surface area (Å²) >= 11 is 0. The predicted molar refractivity (Wildman–Crippen MR) is 183 cm³/mol. The molecule has 0 spiro atoms. The average Bonchev–Trinajstić information content (AvgIpc) is 3.01. The van der Waals surface area contributed by atoms with Gasteiger partial charge in [0, 0.05) is 19.6 Å². The van der Waals surface area contributed by atoms with Crippen molar-refractivity contribution in [1.82, 2.24) is 0 Å². The summed E-state index contributed by atoms with van der Waals surface area (Å²) in [7, 11) is -4.26. The normalized spacial score (nSPS) is 13.6. The number of ether oxygens (including phenoxy) is 2. The second-order valence-electron chi connectivity index (χ2n) is 12.5. The summed E-state index contributed by atoms with van der Waals surface area (Å²) in [5.74, 6) is -0.328. The van der Waals surface area contributed by atoms with Gasteiger partial charge in [0.1, 0.15) is 6.10 Å². The molecular weight excluding hydrogens is 577 g/mol. The zero-order chi connectivity index (χ0) is 32.4. The number of hydrogen-bond acceptors (Lipinski definition) is 7. The molecule has 0 radical (unpaired) electrons. The SMILES string of the molecule is CCCCCCCCCCCCCCCCOC[C@H](COP(=O)(O)OCCN)OC(=O)CCCCCCCCCCCCC. The summed E-state index contributed by atoms with van der Waals surface area (Å²) in [5, 5.41) is 0.